The molecule has 0 saturated heterocycles. The molecule has 0 spiro atoms. The third kappa shape index (κ3) is 4.97. The van der Waals surface area contributed by atoms with Crippen LogP contribution in [0.15, 0.2) is 34.7 Å². The monoisotopic (exact) mass is 287 g/mol. The molecular weight excluding hydrogens is 262 g/mol. The summed E-state index contributed by atoms with van der Waals surface area (Å²) in [5.74, 6) is 1.20. The predicted octanol–water partition coefficient (Wildman–Crippen LogP) is 4.02. The van der Waals surface area contributed by atoms with Crippen LogP contribution in [0.1, 0.15) is 68.8 Å². The zero-order valence-corrected chi connectivity index (χ0v) is 12.8. The van der Waals surface area contributed by atoms with E-state index in [1.54, 1.807) is 0 Å². The van der Waals surface area contributed by atoms with E-state index in [1.807, 2.05) is 30.3 Å². The zero-order valence-electron chi connectivity index (χ0n) is 12.8. The van der Waals surface area contributed by atoms with Crippen molar-refractivity contribution in [2.24, 2.45) is 5.73 Å². The fraction of sp³-hybridized carbons (Fsp3) is 0.529. The molecule has 4 nitrogen and oxygen atoms in total. The highest BCUT2D eigenvalue weighted by molar-refractivity contribution is 5.22. The highest BCUT2D eigenvalue weighted by atomic mass is 16.4. The minimum atomic E-state index is -0.336. The first-order valence-corrected chi connectivity index (χ1v) is 7.94. The molecule has 1 aromatic carbocycles. The summed E-state index contributed by atoms with van der Waals surface area (Å²) >= 11 is 0. The molecule has 1 atom stereocenters. The van der Waals surface area contributed by atoms with Gasteiger partial charge < -0.3 is 10.2 Å². The van der Waals surface area contributed by atoms with Crippen molar-refractivity contribution < 1.29 is 4.42 Å². The normalized spacial score (nSPS) is 12.5. The second-order valence-corrected chi connectivity index (χ2v) is 5.44. The number of aryl methyl sites for hydroxylation is 1. The molecule has 0 aliphatic carbocycles. The number of benzene rings is 1. The minimum Gasteiger partial charge on any atom is -0.423 e. The molecule has 0 amide bonds. The van der Waals surface area contributed by atoms with E-state index in [2.05, 4.69) is 17.1 Å². The Morgan fingerprint density at radius 2 is 1.71 bits per heavy atom. The summed E-state index contributed by atoms with van der Waals surface area (Å²) in [7, 11) is 0. The van der Waals surface area contributed by atoms with Gasteiger partial charge >= 0.3 is 0 Å². The molecule has 2 N–H and O–H groups in total. The van der Waals surface area contributed by atoms with Crippen LogP contribution in [0.4, 0.5) is 0 Å². The van der Waals surface area contributed by atoms with Crippen molar-refractivity contribution in [3.63, 3.8) is 0 Å². The first-order valence-electron chi connectivity index (χ1n) is 7.94. The van der Waals surface area contributed by atoms with Crippen molar-refractivity contribution >= 4 is 0 Å². The molecular formula is C17H25N3O. The predicted molar refractivity (Wildman–Crippen MR) is 83.9 cm³/mol. The third-order valence-corrected chi connectivity index (χ3v) is 3.65. The Bertz CT molecular complexity index is 510. The van der Waals surface area contributed by atoms with E-state index in [0.717, 1.165) is 18.4 Å². The van der Waals surface area contributed by atoms with Crippen LogP contribution in [-0.2, 0) is 6.42 Å². The second-order valence-electron chi connectivity index (χ2n) is 5.44. The summed E-state index contributed by atoms with van der Waals surface area (Å²) < 4.78 is 5.68. The van der Waals surface area contributed by atoms with Gasteiger partial charge in [-0.05, 0) is 12.0 Å². The number of hydrogen-bond donors (Lipinski definition) is 1. The van der Waals surface area contributed by atoms with Crippen molar-refractivity contribution in [2.45, 2.75) is 57.9 Å². The molecule has 21 heavy (non-hydrogen) atoms. The van der Waals surface area contributed by atoms with Gasteiger partial charge in [-0.2, -0.15) is 0 Å². The van der Waals surface area contributed by atoms with Gasteiger partial charge in [0.15, 0.2) is 0 Å². The minimum absolute atomic E-state index is 0.336. The molecule has 1 heterocycles. The lowest BCUT2D eigenvalue weighted by Crippen LogP contribution is -2.11. The molecule has 0 aliphatic rings. The van der Waals surface area contributed by atoms with Gasteiger partial charge in [0.1, 0.15) is 6.04 Å². The van der Waals surface area contributed by atoms with Crippen molar-refractivity contribution in [1.82, 2.24) is 10.2 Å². The Morgan fingerprint density at radius 3 is 2.48 bits per heavy atom. The SMILES string of the molecule is CCCCCCCCc1nnc(C(N)c2ccccc2)o1. The standard InChI is InChI=1S/C17H25N3O/c1-2-3-4-5-6-10-13-15-19-20-17(21-15)16(18)14-11-8-7-9-12-14/h7-9,11-12,16H,2-6,10,13,18H2,1H3. The van der Waals surface area contributed by atoms with Crippen LogP contribution < -0.4 is 5.73 Å². The van der Waals surface area contributed by atoms with Crippen LogP contribution in [0.25, 0.3) is 0 Å². The largest absolute Gasteiger partial charge is 0.423 e. The van der Waals surface area contributed by atoms with Crippen molar-refractivity contribution in [2.75, 3.05) is 0 Å². The number of nitrogens with zero attached hydrogens (tertiary/aromatic N) is 2. The smallest absolute Gasteiger partial charge is 0.237 e. The maximum atomic E-state index is 6.14. The first kappa shape index (κ1) is 15.7. The Labute approximate surface area is 126 Å². The molecule has 2 rings (SSSR count). The van der Waals surface area contributed by atoms with Crippen molar-refractivity contribution in [3.05, 3.63) is 47.7 Å². The summed E-state index contributed by atoms with van der Waals surface area (Å²) in [6, 6.07) is 9.50. The van der Waals surface area contributed by atoms with Gasteiger partial charge in [0.2, 0.25) is 11.8 Å². The van der Waals surface area contributed by atoms with Gasteiger partial charge in [-0.25, -0.2) is 0 Å². The average Bonchev–Trinajstić information content (AvgIpc) is 3.00. The molecule has 1 aromatic heterocycles. The van der Waals surface area contributed by atoms with E-state index >= 15 is 0 Å². The Morgan fingerprint density at radius 1 is 1.00 bits per heavy atom. The summed E-state index contributed by atoms with van der Waals surface area (Å²) in [4.78, 5) is 0. The number of rotatable bonds is 9. The molecule has 114 valence electrons. The fourth-order valence-electron chi connectivity index (χ4n) is 2.35. The molecule has 1 unspecified atom stereocenters. The van der Waals surface area contributed by atoms with E-state index in [0.29, 0.717) is 11.8 Å². The summed E-state index contributed by atoms with van der Waals surface area (Å²) in [5.41, 5.74) is 7.14. The summed E-state index contributed by atoms with van der Waals surface area (Å²) in [6.45, 7) is 2.23. The van der Waals surface area contributed by atoms with Crippen molar-refractivity contribution in [1.29, 1.82) is 0 Å². The first-order chi connectivity index (χ1) is 10.3. The van der Waals surface area contributed by atoms with Gasteiger partial charge in [-0.15, -0.1) is 10.2 Å². The number of aromatic nitrogens is 2. The molecule has 0 radical (unpaired) electrons. The van der Waals surface area contributed by atoms with Gasteiger partial charge in [0.05, 0.1) is 0 Å². The molecule has 0 fully saturated rings. The number of nitrogens with two attached hydrogens (primary N) is 1. The molecule has 0 saturated carbocycles. The maximum absolute atomic E-state index is 6.14. The number of hydrogen-bond acceptors (Lipinski definition) is 4. The lowest BCUT2D eigenvalue weighted by atomic mass is 10.1. The van der Waals surface area contributed by atoms with E-state index < -0.39 is 0 Å². The average molecular weight is 287 g/mol. The molecule has 4 heteroatoms. The highest BCUT2D eigenvalue weighted by Crippen LogP contribution is 2.18. The van der Waals surface area contributed by atoms with Gasteiger partial charge in [-0.1, -0.05) is 69.4 Å². The van der Waals surface area contributed by atoms with Crippen LogP contribution in [0.3, 0.4) is 0 Å². The summed E-state index contributed by atoms with van der Waals surface area (Å²) in [5, 5.41) is 8.18. The third-order valence-electron chi connectivity index (χ3n) is 3.65. The van der Waals surface area contributed by atoms with Crippen LogP contribution in [0.5, 0.6) is 0 Å². The van der Waals surface area contributed by atoms with E-state index in [4.69, 9.17) is 10.2 Å². The van der Waals surface area contributed by atoms with E-state index in [-0.39, 0.29) is 6.04 Å². The van der Waals surface area contributed by atoms with Gasteiger partial charge in [0, 0.05) is 6.42 Å². The van der Waals surface area contributed by atoms with Crippen LogP contribution in [0.2, 0.25) is 0 Å². The Hall–Kier alpha value is -1.68. The summed E-state index contributed by atoms with van der Waals surface area (Å²) in [6.07, 6.45) is 8.40. The second kappa shape index (κ2) is 8.57. The highest BCUT2D eigenvalue weighted by Gasteiger charge is 2.15. The van der Waals surface area contributed by atoms with E-state index in [9.17, 15) is 0 Å². The molecule has 0 bridgehead atoms. The van der Waals surface area contributed by atoms with Crippen LogP contribution in [-0.4, -0.2) is 10.2 Å². The Kier molecular flexibility index (Phi) is 6.41. The molecule has 0 aliphatic heterocycles. The lowest BCUT2D eigenvalue weighted by Gasteiger charge is -2.06. The molecule has 2 aromatic rings. The van der Waals surface area contributed by atoms with Crippen LogP contribution >= 0.6 is 0 Å². The topological polar surface area (TPSA) is 64.9 Å². The van der Waals surface area contributed by atoms with E-state index in [1.165, 1.54) is 32.1 Å². The van der Waals surface area contributed by atoms with Gasteiger partial charge in [0.25, 0.3) is 0 Å². The quantitative estimate of drug-likeness (QED) is 0.707. The maximum Gasteiger partial charge on any atom is 0.237 e. The lowest BCUT2D eigenvalue weighted by molar-refractivity contribution is 0.426. The van der Waals surface area contributed by atoms with Crippen molar-refractivity contribution in [3.8, 4) is 0 Å². The van der Waals surface area contributed by atoms with Gasteiger partial charge in [-0.3, -0.25) is 0 Å². The fourth-order valence-corrected chi connectivity index (χ4v) is 2.35. The number of unbranched alkanes of at least 4 members (excludes halogenated alkanes) is 5. The zero-order chi connectivity index (χ0) is 14.9. The Balaban J connectivity index is 1.79. The van der Waals surface area contributed by atoms with Crippen LogP contribution in [0, 0.1) is 0 Å².